The summed E-state index contributed by atoms with van der Waals surface area (Å²) in [5.74, 6) is 0. The van der Waals surface area contributed by atoms with Crippen molar-refractivity contribution in [3.63, 3.8) is 0 Å². The molecule has 0 spiro atoms. The van der Waals surface area contributed by atoms with Crippen LogP contribution < -0.4 is 0 Å². The van der Waals surface area contributed by atoms with Crippen molar-refractivity contribution in [3.05, 3.63) is 185 Å². The standard InChI is InChI=1S/C34H36P2.C8H10NO.Ni/c1-5-13-27(14-6-1)31-21-22-32(28-15-7-2-8-16-28)35(31)25-26-36-33(29-17-9-3-10-18-29)23-24-34(36)30-19-11-4-12-20-30;1-7(9-10)8-5-3-2-4-6-8;/h1-20,31-34H,21-26H2;2-7,10H,1H3;/q;-1;+2/p+2/t31-,32-,33-,34-;;/m0../s1. The molecule has 2 fully saturated rings. The summed E-state index contributed by atoms with van der Waals surface area (Å²) in [6.45, 7) is 1.84. The zero-order valence-electron chi connectivity index (χ0n) is 27.3. The van der Waals surface area contributed by atoms with Crippen LogP contribution >= 0.6 is 15.8 Å². The summed E-state index contributed by atoms with van der Waals surface area (Å²) in [6, 6.07) is 55.6. The van der Waals surface area contributed by atoms with Crippen LogP contribution in [0.5, 0.6) is 0 Å². The van der Waals surface area contributed by atoms with E-state index in [1.165, 1.54) is 38.0 Å². The van der Waals surface area contributed by atoms with Gasteiger partial charge < -0.3 is 10.7 Å². The van der Waals surface area contributed by atoms with Gasteiger partial charge in [0.25, 0.3) is 0 Å². The van der Waals surface area contributed by atoms with E-state index in [4.69, 9.17) is 5.21 Å². The number of hydrogen-bond acceptors (Lipinski definition) is 1. The number of rotatable bonds is 9. The molecule has 0 bridgehead atoms. The van der Waals surface area contributed by atoms with Gasteiger partial charge in [-0.2, -0.15) is 0 Å². The fraction of sp³-hybridized carbons (Fsp3) is 0.286. The van der Waals surface area contributed by atoms with Crippen LogP contribution in [0.1, 0.15) is 89.1 Å². The van der Waals surface area contributed by atoms with Gasteiger partial charge in [-0.15, -0.1) is 0 Å². The van der Waals surface area contributed by atoms with Crippen LogP contribution in [-0.2, 0) is 16.5 Å². The molecule has 7 rings (SSSR count). The van der Waals surface area contributed by atoms with E-state index in [9.17, 15) is 0 Å². The molecule has 0 aliphatic carbocycles. The van der Waals surface area contributed by atoms with Gasteiger partial charge in [0.1, 0.15) is 0 Å². The van der Waals surface area contributed by atoms with Crippen LogP contribution in [0.25, 0.3) is 5.48 Å². The van der Waals surface area contributed by atoms with Crippen molar-refractivity contribution in [2.75, 3.05) is 12.3 Å². The molecule has 2 heterocycles. The second-order valence-corrected chi connectivity index (χ2v) is 18.9. The summed E-state index contributed by atoms with van der Waals surface area (Å²) in [5.41, 5.74) is 13.8. The average molecular weight is 703 g/mol. The normalized spacial score (nSPS) is 21.7. The van der Waals surface area contributed by atoms with Gasteiger partial charge in [-0.05, 0) is 47.9 Å². The topological polar surface area (TPSA) is 34.3 Å². The quantitative estimate of drug-likeness (QED) is 0.0926. The molecule has 0 amide bonds. The maximum absolute atomic E-state index is 8.41. The molecule has 2 saturated heterocycles. The van der Waals surface area contributed by atoms with E-state index in [0.717, 1.165) is 28.2 Å². The molecule has 1 N–H and O–H groups in total. The molecular formula is C42H48NNiOP2+3. The Balaban J connectivity index is 0.000000340. The number of hydrogen-bond donors (Lipinski definition) is 1. The minimum absolute atomic E-state index is 0. The summed E-state index contributed by atoms with van der Waals surface area (Å²) in [6.07, 6.45) is 8.39. The summed E-state index contributed by atoms with van der Waals surface area (Å²) in [4.78, 5) is 0. The second kappa shape index (κ2) is 18.2. The fourth-order valence-corrected chi connectivity index (χ4v) is 17.2. The molecule has 5 aromatic carbocycles. The Hall–Kier alpha value is -2.63. The molecule has 2 aliphatic heterocycles. The Kier molecular flexibility index (Phi) is 13.8. The summed E-state index contributed by atoms with van der Waals surface area (Å²) >= 11 is 0. The van der Waals surface area contributed by atoms with Gasteiger partial charge in [0, 0.05) is 15.8 Å². The Bertz CT molecular complexity index is 1380. The number of benzene rings is 5. The van der Waals surface area contributed by atoms with E-state index in [1.807, 2.05) is 37.3 Å². The van der Waals surface area contributed by atoms with E-state index >= 15 is 0 Å². The van der Waals surface area contributed by atoms with Gasteiger partial charge in [-0.1, -0.05) is 170 Å². The Morgan fingerprint density at radius 3 is 1.00 bits per heavy atom. The van der Waals surface area contributed by atoms with Gasteiger partial charge >= 0.3 is 16.5 Å². The second-order valence-electron chi connectivity index (χ2n) is 12.9. The van der Waals surface area contributed by atoms with Gasteiger partial charge in [0.15, 0.2) is 0 Å². The zero-order chi connectivity index (χ0) is 31.6. The molecule has 5 aromatic rings. The van der Waals surface area contributed by atoms with Crippen LogP contribution in [0, 0.1) is 0 Å². The van der Waals surface area contributed by atoms with Gasteiger partial charge in [0.2, 0.25) is 0 Å². The molecule has 5 atom stereocenters. The summed E-state index contributed by atoms with van der Waals surface area (Å²) in [5, 5.41) is 8.41. The third kappa shape index (κ3) is 9.09. The predicted molar refractivity (Wildman–Crippen MR) is 202 cm³/mol. The first-order chi connectivity index (χ1) is 22.7. The van der Waals surface area contributed by atoms with Crippen LogP contribution in [-0.4, -0.2) is 17.5 Å². The van der Waals surface area contributed by atoms with Crippen molar-refractivity contribution in [2.24, 2.45) is 0 Å². The largest absolute Gasteiger partial charge is 2.00 e. The molecule has 0 saturated carbocycles. The Labute approximate surface area is 294 Å². The predicted octanol–water partition coefficient (Wildman–Crippen LogP) is 12.5. The van der Waals surface area contributed by atoms with E-state index < -0.39 is 15.8 Å². The van der Waals surface area contributed by atoms with Crippen LogP contribution in [0.15, 0.2) is 152 Å². The summed E-state index contributed by atoms with van der Waals surface area (Å²) in [7, 11) is -1.13. The smallest absolute Gasteiger partial charge is 0.531 e. The first-order valence-electron chi connectivity index (χ1n) is 17.0. The minimum Gasteiger partial charge on any atom is -0.531 e. The van der Waals surface area contributed by atoms with Gasteiger partial charge in [-0.3, -0.25) is 0 Å². The summed E-state index contributed by atoms with van der Waals surface area (Å²) < 4.78 is 0. The first kappa shape index (κ1) is 35.7. The van der Waals surface area contributed by atoms with Crippen LogP contribution in [0.2, 0.25) is 0 Å². The van der Waals surface area contributed by atoms with Crippen molar-refractivity contribution < 1.29 is 21.7 Å². The molecule has 0 radical (unpaired) electrons. The van der Waals surface area contributed by atoms with Crippen molar-refractivity contribution in [1.82, 2.24) is 0 Å². The molecule has 2 nitrogen and oxygen atoms in total. The molecule has 1 unspecified atom stereocenters. The van der Waals surface area contributed by atoms with E-state index in [-0.39, 0.29) is 22.5 Å². The van der Waals surface area contributed by atoms with E-state index in [2.05, 4.69) is 127 Å². The third-order valence-electron chi connectivity index (χ3n) is 10.2. The number of hydroxylamine groups is 1. The van der Waals surface area contributed by atoms with Gasteiger partial charge in [-0.25, -0.2) is 0 Å². The minimum atomic E-state index is -0.564. The average Bonchev–Trinajstić information content (AvgIpc) is 3.77. The maximum Gasteiger partial charge on any atom is 2.00 e. The third-order valence-corrected chi connectivity index (χ3v) is 18.5. The molecule has 244 valence electrons. The number of nitrogens with zero attached hydrogens (tertiary/aromatic N) is 1. The fourth-order valence-electron chi connectivity index (χ4n) is 7.94. The van der Waals surface area contributed by atoms with Crippen molar-refractivity contribution in [3.8, 4) is 0 Å². The molecule has 0 aromatic heterocycles. The van der Waals surface area contributed by atoms with Crippen LogP contribution in [0.4, 0.5) is 0 Å². The monoisotopic (exact) mass is 702 g/mol. The van der Waals surface area contributed by atoms with Crippen molar-refractivity contribution in [2.45, 2.75) is 61.3 Å². The van der Waals surface area contributed by atoms with Crippen molar-refractivity contribution in [1.29, 1.82) is 0 Å². The van der Waals surface area contributed by atoms with Crippen LogP contribution in [0.3, 0.4) is 0 Å². The zero-order valence-corrected chi connectivity index (χ0v) is 30.3. The Morgan fingerprint density at radius 1 is 0.489 bits per heavy atom. The van der Waals surface area contributed by atoms with E-state index in [1.54, 1.807) is 22.3 Å². The molecule has 2 aliphatic rings. The van der Waals surface area contributed by atoms with Gasteiger partial charge in [0.05, 0.1) is 35.0 Å². The first-order valence-corrected chi connectivity index (χ1v) is 20.8. The molecular weight excluding hydrogens is 655 g/mol. The van der Waals surface area contributed by atoms with E-state index in [0.29, 0.717) is 0 Å². The molecule has 5 heteroatoms. The van der Waals surface area contributed by atoms with Crippen molar-refractivity contribution >= 4 is 15.8 Å². The Morgan fingerprint density at radius 2 is 0.745 bits per heavy atom. The maximum atomic E-state index is 8.41. The molecule has 47 heavy (non-hydrogen) atoms. The SMILES string of the molecule is CC([N-]O)c1ccccc1.[Ni+2].c1ccc([C@@H]2CC[C@@H](c3ccccc3)[PH+]2CC[PH+]2[C@H](c3ccccc3)CC[C@H]2c2ccccc2)cc1.